The van der Waals surface area contributed by atoms with Gasteiger partial charge in [0.25, 0.3) is 0 Å². The summed E-state index contributed by atoms with van der Waals surface area (Å²) < 4.78 is 0. The molecule has 1 rings (SSSR count). The van der Waals surface area contributed by atoms with Gasteiger partial charge in [0.15, 0.2) is 0 Å². The van der Waals surface area contributed by atoms with E-state index in [2.05, 4.69) is 66.3 Å². The van der Waals surface area contributed by atoms with Crippen LogP contribution < -0.4 is 14.7 Å². The maximum absolute atomic E-state index is 3.92. The van der Waals surface area contributed by atoms with E-state index in [0.29, 0.717) is 26.2 Å². The predicted octanol–water partition coefficient (Wildman–Crippen LogP) is 5.02. The van der Waals surface area contributed by atoms with Gasteiger partial charge in [0.1, 0.15) is 0 Å². The molecule has 0 saturated carbocycles. The molecule has 0 spiro atoms. The van der Waals surface area contributed by atoms with E-state index in [9.17, 15) is 0 Å². The Morgan fingerprint density at radius 1 is 0.630 bits per heavy atom. The summed E-state index contributed by atoms with van der Waals surface area (Å²) in [6.07, 6.45) is 11.4. The maximum Gasteiger partial charge on any atom is 0.0854 e. The van der Waals surface area contributed by atoms with E-state index in [1.807, 2.05) is 42.5 Å². The summed E-state index contributed by atoms with van der Waals surface area (Å²) in [5.74, 6) is 0. The second-order valence-corrected chi connectivity index (χ2v) is 6.01. The highest BCUT2D eigenvalue weighted by Gasteiger charge is 2.21. The van der Waals surface area contributed by atoms with Gasteiger partial charge in [-0.15, -0.1) is 39.5 Å². The van der Waals surface area contributed by atoms with Crippen molar-refractivity contribution in [2.75, 3.05) is 54.0 Å². The fourth-order valence-electron chi connectivity index (χ4n) is 3.00. The monoisotopic (exact) mass is 362 g/mol. The van der Waals surface area contributed by atoms with Gasteiger partial charge < -0.3 is 14.7 Å². The van der Waals surface area contributed by atoms with Crippen LogP contribution in [-0.2, 0) is 0 Å². The number of rotatable bonds is 15. The van der Waals surface area contributed by atoms with E-state index < -0.39 is 0 Å². The van der Waals surface area contributed by atoms with Crippen molar-refractivity contribution < 1.29 is 0 Å². The molecule has 0 heterocycles. The molecular weight excluding hydrogens is 330 g/mol. The van der Waals surface area contributed by atoms with Crippen LogP contribution >= 0.6 is 0 Å². The van der Waals surface area contributed by atoms with Crippen molar-refractivity contribution in [2.45, 2.75) is 0 Å². The van der Waals surface area contributed by atoms with Gasteiger partial charge in [0.2, 0.25) is 0 Å². The summed E-state index contributed by atoms with van der Waals surface area (Å²) in [4.78, 5) is 6.70. The summed E-state index contributed by atoms with van der Waals surface area (Å²) >= 11 is 0. The molecule has 0 saturated heterocycles. The van der Waals surface area contributed by atoms with Crippen LogP contribution in [0, 0.1) is 6.07 Å². The number of hydrogen-bond donors (Lipinski definition) is 0. The van der Waals surface area contributed by atoms with E-state index in [-0.39, 0.29) is 0 Å². The molecule has 3 heteroatoms. The van der Waals surface area contributed by atoms with Gasteiger partial charge in [-0.1, -0.05) is 36.5 Å². The molecule has 0 N–H and O–H groups in total. The number of benzene rings is 1. The van der Waals surface area contributed by atoms with Crippen LogP contribution in [0.25, 0.3) is 0 Å². The van der Waals surface area contributed by atoms with Gasteiger partial charge in [-0.25, -0.2) is 0 Å². The fourth-order valence-corrected chi connectivity index (χ4v) is 3.00. The summed E-state index contributed by atoms with van der Waals surface area (Å²) in [5, 5.41) is 0. The minimum absolute atomic E-state index is 0.704. The molecule has 0 amide bonds. The third-order valence-corrected chi connectivity index (χ3v) is 4.00. The van der Waals surface area contributed by atoms with E-state index >= 15 is 0 Å². The smallest absolute Gasteiger partial charge is 0.0854 e. The topological polar surface area (TPSA) is 9.72 Å². The van der Waals surface area contributed by atoms with Crippen LogP contribution in [-0.4, -0.2) is 39.3 Å². The first-order valence-electron chi connectivity index (χ1n) is 9.13. The largest absolute Gasteiger partial charge is 0.362 e. The minimum Gasteiger partial charge on any atom is -0.362 e. The molecular formula is C24H32N3. The lowest BCUT2D eigenvalue weighted by Gasteiger charge is -2.35. The van der Waals surface area contributed by atoms with Gasteiger partial charge >= 0.3 is 0 Å². The van der Waals surface area contributed by atoms with Gasteiger partial charge in [-0.3, -0.25) is 0 Å². The Bertz CT molecular complexity index is 587. The van der Waals surface area contributed by atoms with Crippen LogP contribution in [0.5, 0.6) is 0 Å². The Morgan fingerprint density at radius 2 is 1.04 bits per heavy atom. The van der Waals surface area contributed by atoms with E-state index in [0.717, 1.165) is 30.2 Å². The molecule has 143 valence electrons. The highest BCUT2D eigenvalue weighted by Crippen LogP contribution is 2.39. The number of nitrogens with zero attached hydrogens (tertiary/aromatic N) is 3. The predicted molar refractivity (Wildman–Crippen MR) is 123 cm³/mol. The van der Waals surface area contributed by atoms with Crippen molar-refractivity contribution in [1.82, 2.24) is 0 Å². The van der Waals surface area contributed by atoms with Crippen LogP contribution in [0.2, 0.25) is 0 Å². The zero-order chi connectivity index (χ0) is 20.1. The van der Waals surface area contributed by atoms with Crippen LogP contribution in [0.4, 0.5) is 17.1 Å². The lowest BCUT2D eigenvalue weighted by atomic mass is 10.1. The second-order valence-electron chi connectivity index (χ2n) is 6.01. The quantitative estimate of drug-likeness (QED) is 0.406. The standard InChI is InChI=1S/C24H32N3/c1-7-16-25(17-8-2)22-14-13-15-23(26(18-9-3)19-10-4)24(22)27(20-11-5)21-12-6/h7-14H,1-6,16-21H2. The molecule has 3 nitrogen and oxygen atoms in total. The molecule has 27 heavy (non-hydrogen) atoms. The normalized spacial score (nSPS) is 9.78. The molecule has 0 aliphatic carbocycles. The van der Waals surface area contributed by atoms with Crippen LogP contribution in [0.1, 0.15) is 0 Å². The maximum atomic E-state index is 3.92. The number of anilines is 3. The molecule has 1 aromatic rings. The molecule has 1 aromatic carbocycles. The summed E-state index contributed by atoms with van der Waals surface area (Å²) in [6, 6.07) is 7.48. The molecule has 0 unspecified atom stereocenters. The number of hydrogen-bond acceptors (Lipinski definition) is 3. The van der Waals surface area contributed by atoms with Gasteiger partial charge in [-0.2, -0.15) is 0 Å². The molecule has 0 aromatic heterocycles. The summed E-state index contributed by atoms with van der Waals surface area (Å²) in [6.45, 7) is 27.7. The van der Waals surface area contributed by atoms with Gasteiger partial charge in [0, 0.05) is 45.3 Å². The third-order valence-electron chi connectivity index (χ3n) is 4.00. The van der Waals surface area contributed by atoms with Crippen molar-refractivity contribution in [2.24, 2.45) is 0 Å². The van der Waals surface area contributed by atoms with Crippen molar-refractivity contribution in [3.05, 3.63) is 94.1 Å². The Morgan fingerprint density at radius 3 is 1.48 bits per heavy atom. The highest BCUT2D eigenvalue weighted by molar-refractivity contribution is 5.85. The van der Waals surface area contributed by atoms with Crippen molar-refractivity contribution in [1.29, 1.82) is 0 Å². The molecule has 0 fully saturated rings. The van der Waals surface area contributed by atoms with E-state index in [4.69, 9.17) is 0 Å². The minimum atomic E-state index is 0.704. The van der Waals surface area contributed by atoms with Crippen molar-refractivity contribution in [3.63, 3.8) is 0 Å². The highest BCUT2D eigenvalue weighted by atomic mass is 15.2. The van der Waals surface area contributed by atoms with Gasteiger partial charge in [0.05, 0.1) is 17.1 Å². The second kappa shape index (κ2) is 12.4. The van der Waals surface area contributed by atoms with Crippen LogP contribution in [0.15, 0.2) is 88.1 Å². The van der Waals surface area contributed by atoms with E-state index in [1.54, 1.807) is 0 Å². The van der Waals surface area contributed by atoms with Crippen molar-refractivity contribution in [3.8, 4) is 0 Å². The molecule has 0 aliphatic rings. The first kappa shape index (κ1) is 22.1. The average Bonchev–Trinajstić information content (AvgIpc) is 2.67. The Balaban J connectivity index is 3.66. The molecule has 1 radical (unpaired) electrons. The van der Waals surface area contributed by atoms with Gasteiger partial charge in [-0.05, 0) is 12.1 Å². The Hall–Kier alpha value is -2.94. The first-order chi connectivity index (χ1) is 13.2. The van der Waals surface area contributed by atoms with Crippen LogP contribution in [0.3, 0.4) is 0 Å². The zero-order valence-corrected chi connectivity index (χ0v) is 16.4. The summed E-state index contributed by atoms with van der Waals surface area (Å²) in [5.41, 5.74) is 3.20. The molecule has 0 atom stereocenters. The average molecular weight is 363 g/mol. The zero-order valence-electron chi connectivity index (χ0n) is 16.4. The first-order valence-corrected chi connectivity index (χ1v) is 9.13. The SMILES string of the molecule is C=CCN(CC=C)c1[c]ccc(N(CC=C)CC=C)c1N(CC=C)CC=C. The Labute approximate surface area is 165 Å². The summed E-state index contributed by atoms with van der Waals surface area (Å²) in [7, 11) is 0. The lowest BCUT2D eigenvalue weighted by Crippen LogP contribution is -2.32. The fraction of sp³-hybridized carbons (Fsp3) is 0.250. The Kier molecular flexibility index (Phi) is 10.2. The third kappa shape index (κ3) is 6.07. The lowest BCUT2D eigenvalue weighted by molar-refractivity contribution is 0.893. The molecule has 0 bridgehead atoms. The molecule has 0 aliphatic heterocycles. The van der Waals surface area contributed by atoms with Crippen molar-refractivity contribution >= 4 is 17.1 Å². The van der Waals surface area contributed by atoms with E-state index in [1.165, 1.54) is 0 Å².